The Morgan fingerprint density at radius 2 is 1.95 bits per heavy atom. The molecule has 0 bridgehead atoms. The minimum atomic E-state index is 0. The molecule has 2 heterocycles. The largest absolute Gasteiger partial charge is 0.361 e. The van der Waals surface area contributed by atoms with Crippen LogP contribution in [0.5, 0.6) is 0 Å². The number of nitrogens with one attached hydrogen (secondary N) is 2. The summed E-state index contributed by atoms with van der Waals surface area (Å²) in [7, 11) is 0. The first kappa shape index (κ1) is 19.0. The number of aromatic nitrogens is 1. The van der Waals surface area contributed by atoms with Gasteiger partial charge < -0.3 is 10.3 Å². The van der Waals surface area contributed by atoms with Gasteiger partial charge in [-0.05, 0) is 36.4 Å². The fourth-order valence-corrected chi connectivity index (χ4v) is 3.05. The van der Waals surface area contributed by atoms with Gasteiger partial charge in [0, 0.05) is 43.9 Å². The topological polar surface area (TPSA) is 31.1 Å². The van der Waals surface area contributed by atoms with E-state index in [2.05, 4.69) is 53.0 Å². The number of aromatic amines is 1. The summed E-state index contributed by atoms with van der Waals surface area (Å²) in [4.78, 5) is 5.90. The lowest BCUT2D eigenvalue weighted by atomic mass is 9.97. The van der Waals surface area contributed by atoms with Gasteiger partial charge in [-0.3, -0.25) is 4.90 Å². The minimum absolute atomic E-state index is 0. The van der Waals surface area contributed by atoms with Crippen molar-refractivity contribution in [1.29, 1.82) is 0 Å². The highest BCUT2D eigenvalue weighted by Gasteiger charge is 2.22. The van der Waals surface area contributed by atoms with Crippen LogP contribution in [0.3, 0.4) is 0 Å². The lowest BCUT2D eigenvalue weighted by Gasteiger charge is -2.35. The van der Waals surface area contributed by atoms with Crippen LogP contribution in [0.1, 0.15) is 24.9 Å². The second kappa shape index (κ2) is 8.59. The number of nitrogens with zero attached hydrogens (tertiary/aromatic N) is 1. The molecule has 1 atom stereocenters. The second-order valence-corrected chi connectivity index (χ2v) is 5.79. The molecule has 1 aliphatic rings. The number of rotatable bonds is 4. The highest BCUT2D eigenvalue weighted by molar-refractivity contribution is 5.85. The normalized spacial score (nSPS) is 16.6. The molecule has 0 unspecified atom stereocenters. The fraction of sp³-hybridized carbons (Fsp3) is 0.412. The van der Waals surface area contributed by atoms with E-state index in [4.69, 9.17) is 0 Å². The number of benzene rings is 1. The molecule has 3 rings (SSSR count). The molecule has 0 radical (unpaired) electrons. The predicted molar refractivity (Wildman–Crippen MR) is 99.4 cm³/mol. The van der Waals surface area contributed by atoms with Gasteiger partial charge in [-0.15, -0.1) is 31.4 Å². The molecule has 122 valence electrons. The van der Waals surface area contributed by atoms with Gasteiger partial charge in [-0.25, -0.2) is 0 Å². The Morgan fingerprint density at radius 1 is 1.23 bits per heavy atom. The summed E-state index contributed by atoms with van der Waals surface area (Å²) in [5.74, 6) is 0. The van der Waals surface area contributed by atoms with Crippen molar-refractivity contribution >= 4 is 35.7 Å². The smallest absolute Gasteiger partial charge is 0.0457 e. The summed E-state index contributed by atoms with van der Waals surface area (Å²) in [5, 5.41) is 4.71. The van der Waals surface area contributed by atoms with Crippen LogP contribution in [-0.2, 0) is 0 Å². The Hall–Kier alpha value is -1.00. The monoisotopic (exact) mass is 341 g/mol. The summed E-state index contributed by atoms with van der Waals surface area (Å²) in [6.07, 6.45) is 3.04. The third kappa shape index (κ3) is 4.26. The van der Waals surface area contributed by atoms with Crippen LogP contribution in [0.4, 0.5) is 0 Å². The van der Waals surface area contributed by atoms with E-state index in [9.17, 15) is 0 Å². The zero-order valence-electron chi connectivity index (χ0n) is 13.0. The molecule has 1 aromatic carbocycles. The maximum Gasteiger partial charge on any atom is 0.0457 e. The molecule has 22 heavy (non-hydrogen) atoms. The molecule has 0 aliphatic carbocycles. The molecule has 1 aliphatic heterocycles. The summed E-state index contributed by atoms with van der Waals surface area (Å²) in [6.45, 7) is 10.6. The van der Waals surface area contributed by atoms with Gasteiger partial charge >= 0.3 is 0 Å². The maximum absolute atomic E-state index is 4.12. The van der Waals surface area contributed by atoms with Gasteiger partial charge in [-0.2, -0.15) is 0 Å². The SMILES string of the molecule is C=C(C)C[C@H](c1ccc2cc[nH]c2c1)N1CCNCC1.Cl.Cl. The number of halogens is 2. The number of hydrogen-bond acceptors (Lipinski definition) is 2. The first-order valence-electron chi connectivity index (χ1n) is 7.40. The van der Waals surface area contributed by atoms with E-state index in [0.717, 1.165) is 32.6 Å². The van der Waals surface area contributed by atoms with E-state index < -0.39 is 0 Å². The molecule has 2 N–H and O–H groups in total. The zero-order valence-corrected chi connectivity index (χ0v) is 14.6. The van der Waals surface area contributed by atoms with Gasteiger partial charge in [0.2, 0.25) is 0 Å². The van der Waals surface area contributed by atoms with Crippen LogP contribution >= 0.6 is 24.8 Å². The number of piperazine rings is 1. The third-order valence-electron chi connectivity index (χ3n) is 4.10. The standard InChI is InChI=1S/C17H23N3.2ClH/c1-13(2)11-17(20-9-7-18-8-10-20)15-4-3-14-5-6-19-16(14)12-15;;/h3-6,12,17-19H,1,7-11H2,2H3;2*1H/t17-;;/m1../s1. The van der Waals surface area contributed by atoms with Crippen LogP contribution < -0.4 is 5.32 Å². The van der Waals surface area contributed by atoms with Crippen molar-refractivity contribution in [3.05, 3.63) is 48.2 Å². The molecule has 0 amide bonds. The Balaban J connectivity index is 0.00000121. The van der Waals surface area contributed by atoms with Crippen molar-refractivity contribution in [2.45, 2.75) is 19.4 Å². The van der Waals surface area contributed by atoms with Crippen molar-refractivity contribution in [3.63, 3.8) is 0 Å². The average Bonchev–Trinajstić information content (AvgIpc) is 2.93. The molecule has 3 nitrogen and oxygen atoms in total. The van der Waals surface area contributed by atoms with Gasteiger partial charge in [0.1, 0.15) is 0 Å². The van der Waals surface area contributed by atoms with Crippen LogP contribution in [0.25, 0.3) is 10.9 Å². The second-order valence-electron chi connectivity index (χ2n) is 5.79. The molecule has 2 aromatic rings. The van der Waals surface area contributed by atoms with Gasteiger partial charge in [0.15, 0.2) is 0 Å². The van der Waals surface area contributed by atoms with E-state index in [1.165, 1.54) is 22.0 Å². The Labute approximate surface area is 145 Å². The fourth-order valence-electron chi connectivity index (χ4n) is 3.05. The molecule has 0 saturated carbocycles. The average molecular weight is 342 g/mol. The predicted octanol–water partition coefficient (Wildman–Crippen LogP) is 3.92. The molecular weight excluding hydrogens is 317 g/mol. The maximum atomic E-state index is 4.12. The molecule has 0 spiro atoms. The van der Waals surface area contributed by atoms with E-state index in [-0.39, 0.29) is 24.8 Å². The van der Waals surface area contributed by atoms with E-state index >= 15 is 0 Å². The molecule has 1 fully saturated rings. The lowest BCUT2D eigenvalue weighted by Crippen LogP contribution is -2.45. The minimum Gasteiger partial charge on any atom is -0.361 e. The highest BCUT2D eigenvalue weighted by Crippen LogP contribution is 2.29. The highest BCUT2D eigenvalue weighted by atomic mass is 35.5. The van der Waals surface area contributed by atoms with E-state index in [1.807, 2.05) is 6.20 Å². The summed E-state index contributed by atoms with van der Waals surface area (Å²) in [5.41, 5.74) is 3.87. The first-order valence-corrected chi connectivity index (χ1v) is 7.40. The Morgan fingerprint density at radius 3 is 2.64 bits per heavy atom. The van der Waals surface area contributed by atoms with Gasteiger partial charge in [0.05, 0.1) is 0 Å². The molecular formula is C17H25Cl2N3. The van der Waals surface area contributed by atoms with Crippen molar-refractivity contribution in [2.75, 3.05) is 26.2 Å². The first-order chi connectivity index (χ1) is 9.74. The lowest BCUT2D eigenvalue weighted by molar-refractivity contribution is 0.172. The van der Waals surface area contributed by atoms with Crippen LogP contribution in [0.15, 0.2) is 42.6 Å². The number of H-pyrrole nitrogens is 1. The van der Waals surface area contributed by atoms with E-state index in [1.54, 1.807) is 0 Å². The summed E-state index contributed by atoms with van der Waals surface area (Å²) < 4.78 is 0. The molecule has 1 aromatic heterocycles. The van der Waals surface area contributed by atoms with Gasteiger partial charge in [0.25, 0.3) is 0 Å². The molecule has 5 heteroatoms. The van der Waals surface area contributed by atoms with Crippen LogP contribution in [0.2, 0.25) is 0 Å². The third-order valence-corrected chi connectivity index (χ3v) is 4.10. The number of hydrogen-bond donors (Lipinski definition) is 2. The van der Waals surface area contributed by atoms with Crippen molar-refractivity contribution in [2.24, 2.45) is 0 Å². The van der Waals surface area contributed by atoms with Crippen LogP contribution in [-0.4, -0.2) is 36.1 Å². The Bertz CT molecular complexity index is 603. The molecule has 1 saturated heterocycles. The van der Waals surface area contributed by atoms with Crippen molar-refractivity contribution in [3.8, 4) is 0 Å². The quantitative estimate of drug-likeness (QED) is 0.825. The zero-order chi connectivity index (χ0) is 13.9. The summed E-state index contributed by atoms with van der Waals surface area (Å²) in [6, 6.07) is 9.35. The van der Waals surface area contributed by atoms with Crippen molar-refractivity contribution < 1.29 is 0 Å². The number of fused-ring (bicyclic) bond motifs is 1. The van der Waals surface area contributed by atoms with Crippen LogP contribution in [0, 0.1) is 0 Å². The van der Waals surface area contributed by atoms with Crippen molar-refractivity contribution in [1.82, 2.24) is 15.2 Å². The van der Waals surface area contributed by atoms with E-state index in [0.29, 0.717) is 6.04 Å². The summed E-state index contributed by atoms with van der Waals surface area (Å²) >= 11 is 0. The van der Waals surface area contributed by atoms with Gasteiger partial charge in [-0.1, -0.05) is 17.7 Å². The Kier molecular flexibility index (Phi) is 7.43.